The second kappa shape index (κ2) is 32.1. The number of halogens is 6. The third-order valence-corrected chi connectivity index (χ3v) is 19.1. The molecule has 3 heterocycles. The molecule has 5 rings (SSSR count). The van der Waals surface area contributed by atoms with E-state index in [1.54, 1.807) is 62.4 Å². The van der Waals surface area contributed by atoms with Crippen LogP contribution in [0.3, 0.4) is 0 Å². The molecule has 1 N–H and O–H groups in total. The van der Waals surface area contributed by atoms with Crippen LogP contribution >= 0.6 is 14.7 Å². The van der Waals surface area contributed by atoms with Crippen molar-refractivity contribution < 1.29 is 79.2 Å². The highest BCUT2D eigenvalue weighted by Crippen LogP contribution is 2.42. The molecule has 0 radical (unpaired) electrons. The molecule has 0 amide bonds. The smallest absolute Gasteiger partial charge is 0.413 e. The Morgan fingerprint density at radius 3 is 1.29 bits per heavy atom. The lowest BCUT2D eigenvalue weighted by molar-refractivity contribution is -0.153. The third-order valence-electron chi connectivity index (χ3n) is 13.0. The van der Waals surface area contributed by atoms with Gasteiger partial charge in [0.25, 0.3) is 20.2 Å². The van der Waals surface area contributed by atoms with E-state index in [4.69, 9.17) is 28.5 Å². The molecule has 0 spiro atoms. The number of anilines is 2. The zero-order chi connectivity index (χ0) is 62.6. The maximum Gasteiger partial charge on any atom is 0.413 e. The highest BCUT2D eigenvalue weighted by Gasteiger charge is 2.32. The Morgan fingerprint density at radius 1 is 0.576 bits per heavy atom. The second-order valence-corrected chi connectivity index (χ2v) is 28.0. The molecule has 4 aromatic rings. The quantitative estimate of drug-likeness (QED) is 0.0251. The van der Waals surface area contributed by atoms with Crippen LogP contribution in [-0.4, -0.2) is 180 Å². The summed E-state index contributed by atoms with van der Waals surface area (Å²) in [5, 5.41) is 3.51. The molecular formula is C56H75F6N7O12P2S2. The number of ether oxygens (including phenoxy) is 2. The van der Waals surface area contributed by atoms with Gasteiger partial charge in [-0.1, -0.05) is 23.7 Å². The van der Waals surface area contributed by atoms with Crippen LogP contribution in [0.4, 0.5) is 37.7 Å². The van der Waals surface area contributed by atoms with Gasteiger partial charge in [0.05, 0.1) is 61.7 Å². The Hall–Kier alpha value is -5.28. The van der Waals surface area contributed by atoms with Crippen molar-refractivity contribution in [2.45, 2.75) is 66.0 Å². The minimum Gasteiger partial charge on any atom is -0.495 e. The van der Waals surface area contributed by atoms with E-state index < -0.39 is 72.0 Å². The molecule has 29 heteroatoms. The first kappa shape index (κ1) is 70.5. The summed E-state index contributed by atoms with van der Waals surface area (Å²) < 4.78 is 183. The summed E-state index contributed by atoms with van der Waals surface area (Å²) in [4.78, 5) is 17.8. The van der Waals surface area contributed by atoms with Gasteiger partial charge in [-0.25, -0.2) is 9.97 Å². The number of hydrogen-bond donors (Lipinski definition) is 1. The van der Waals surface area contributed by atoms with Gasteiger partial charge in [-0.05, 0) is 101 Å². The Kier molecular flexibility index (Phi) is 26.6. The van der Waals surface area contributed by atoms with Gasteiger partial charge in [-0.15, -0.1) is 0 Å². The molecule has 2 aromatic heterocycles. The topological polar surface area (TPSA) is 209 Å². The van der Waals surface area contributed by atoms with Gasteiger partial charge in [-0.2, -0.15) is 43.2 Å². The predicted molar refractivity (Wildman–Crippen MR) is 316 cm³/mol. The minimum absolute atomic E-state index is 0.0265. The van der Waals surface area contributed by atoms with E-state index in [1.165, 1.54) is 27.5 Å². The zero-order valence-corrected chi connectivity index (χ0v) is 52.4. The molecule has 1 aliphatic heterocycles. The summed E-state index contributed by atoms with van der Waals surface area (Å²) in [7, 11) is -12.7. The van der Waals surface area contributed by atoms with Crippen molar-refractivity contribution in [3.05, 3.63) is 94.3 Å². The van der Waals surface area contributed by atoms with Crippen LogP contribution in [0.1, 0.15) is 74.2 Å². The summed E-state index contributed by atoms with van der Waals surface area (Å²) in [6, 6.07) is 17.4. The molecule has 0 saturated carbocycles. The van der Waals surface area contributed by atoms with Crippen LogP contribution in [0.2, 0.25) is 0 Å². The number of methoxy groups -OCH3 is 2. The second-order valence-electron chi connectivity index (χ2n) is 19.7. The molecule has 1 fully saturated rings. The highest BCUT2D eigenvalue weighted by atomic mass is 32.2. The van der Waals surface area contributed by atoms with Gasteiger partial charge in [-0.3, -0.25) is 27.3 Å². The summed E-state index contributed by atoms with van der Waals surface area (Å²) in [5.74, 6) is 12.4. The number of nitrogens with one attached hydrogen (secondary N) is 1. The summed E-state index contributed by atoms with van der Waals surface area (Å²) >= 11 is 0. The molecule has 2 unspecified atom stereocenters. The molecule has 0 bridgehead atoms. The first-order valence-corrected chi connectivity index (χ1v) is 34.7. The third kappa shape index (κ3) is 23.7. The van der Waals surface area contributed by atoms with Gasteiger partial charge >= 0.3 is 12.4 Å². The Morgan fingerprint density at radius 2 is 0.953 bits per heavy atom. The van der Waals surface area contributed by atoms with Crippen LogP contribution in [-0.2, 0) is 59.9 Å². The molecule has 1 saturated heterocycles. The Labute approximate surface area is 495 Å². The average Bonchev–Trinajstić information content (AvgIpc) is 3.73. The molecule has 2 aromatic carbocycles. The van der Waals surface area contributed by atoms with Crippen molar-refractivity contribution in [2.24, 2.45) is 0 Å². The number of pyridine rings is 2. The van der Waals surface area contributed by atoms with Crippen LogP contribution < -0.4 is 35.5 Å². The van der Waals surface area contributed by atoms with Crippen LogP contribution in [0, 0.1) is 23.7 Å². The van der Waals surface area contributed by atoms with Crippen molar-refractivity contribution in [3.63, 3.8) is 0 Å². The van der Waals surface area contributed by atoms with E-state index in [1.807, 2.05) is 35.8 Å². The lowest BCUT2D eigenvalue weighted by atomic mass is 10.1. The largest absolute Gasteiger partial charge is 0.495 e. The maximum absolute atomic E-state index is 14.0. The van der Waals surface area contributed by atoms with E-state index in [0.717, 1.165) is 0 Å². The van der Waals surface area contributed by atoms with Crippen molar-refractivity contribution >= 4 is 57.2 Å². The Bertz CT molecular complexity index is 3120. The summed E-state index contributed by atoms with van der Waals surface area (Å²) in [5.41, 5.74) is 5.00. The van der Waals surface area contributed by atoms with E-state index in [0.29, 0.717) is 122 Å². The fraction of sp³-hybridized carbons (Fsp3) is 0.536. The average molecular weight is 1280 g/mol. The molecule has 470 valence electrons. The van der Waals surface area contributed by atoms with Crippen molar-refractivity contribution in [2.75, 3.05) is 141 Å². The number of alkyl halides is 6. The first-order chi connectivity index (χ1) is 40.0. The fourth-order valence-electron chi connectivity index (χ4n) is 8.88. The van der Waals surface area contributed by atoms with Crippen molar-refractivity contribution in [1.29, 1.82) is 0 Å². The maximum atomic E-state index is 14.0. The zero-order valence-electron chi connectivity index (χ0n) is 49.0. The van der Waals surface area contributed by atoms with E-state index in [9.17, 15) is 52.3 Å². The van der Waals surface area contributed by atoms with E-state index in [2.05, 4.69) is 47.2 Å². The Balaban J connectivity index is 1.37. The molecule has 1 aliphatic rings. The van der Waals surface area contributed by atoms with Gasteiger partial charge in [0, 0.05) is 114 Å². The van der Waals surface area contributed by atoms with Crippen LogP contribution in [0.25, 0.3) is 0 Å². The van der Waals surface area contributed by atoms with E-state index >= 15 is 0 Å². The highest BCUT2D eigenvalue weighted by molar-refractivity contribution is 7.86. The van der Waals surface area contributed by atoms with Gasteiger partial charge in [0.1, 0.15) is 22.4 Å². The molecule has 0 aliphatic carbocycles. The molecule has 19 nitrogen and oxygen atoms in total. The summed E-state index contributed by atoms with van der Waals surface area (Å²) in [6.45, 7) is 12.3. The number of aromatic nitrogens is 2. The van der Waals surface area contributed by atoms with Gasteiger partial charge in [0.15, 0.2) is 13.2 Å². The number of nitrogens with zero attached hydrogens (tertiary/aromatic N) is 6. The number of hydrogen-bond acceptors (Lipinski definition) is 19. The van der Waals surface area contributed by atoms with Crippen LogP contribution in [0.15, 0.2) is 60.7 Å². The standard InChI is InChI=1S/C56H75F6N7O12P2S2/c1-9-68(25-13-31-84(72,73)80-41-55(57,58)59)49-35-43(19-21-51(49)76-5)15-17-45-33-47(64-53(37-45)82(7,70)78-11-3)39-66-27-23-63-24-28-67(30-29-66)40-48-34-46(38-54(65-48)83(8,71)79-12-4)18-16-44-20-22-52(77-6)50(36-44)69(10-2)26-14-32-85(74,75)81-42-56(60,61)62/h19-22,33-38,63H,9-14,23-32,39-42H2,1-8H3. The van der Waals surface area contributed by atoms with Crippen LogP contribution in [0.5, 0.6) is 11.5 Å². The molecule has 2 atom stereocenters. The van der Waals surface area contributed by atoms with Gasteiger partial charge < -0.3 is 33.6 Å². The van der Waals surface area contributed by atoms with E-state index in [-0.39, 0.29) is 50.0 Å². The monoisotopic (exact) mass is 1280 g/mol. The lowest BCUT2D eigenvalue weighted by Gasteiger charge is -2.26. The lowest BCUT2D eigenvalue weighted by Crippen LogP contribution is -2.36. The number of rotatable bonds is 28. The minimum atomic E-state index is -4.79. The number of benzene rings is 2. The van der Waals surface area contributed by atoms with Crippen molar-refractivity contribution in [3.8, 4) is 35.2 Å². The van der Waals surface area contributed by atoms with Crippen molar-refractivity contribution in [1.82, 2.24) is 25.1 Å². The molecule has 85 heavy (non-hydrogen) atoms. The predicted octanol–water partition coefficient (Wildman–Crippen LogP) is 7.59. The SMILES string of the molecule is CCOP(C)(=O)c1cc(C#Cc2ccc(OC)c(N(CC)CCCS(=O)(=O)OCC(F)(F)F)c2)cc(CN2CCNCCN(Cc3cc(C#Cc4ccc(OC)c(N(CC)CCCS(=O)(=O)OCC(F)(F)F)c4)cc(P(C)(=O)OCC)n3)CC2)n1. The first-order valence-electron chi connectivity index (χ1n) is 27.4. The normalized spacial score (nSPS) is 15.4. The summed E-state index contributed by atoms with van der Waals surface area (Å²) in [6.07, 6.45) is -9.64. The fourth-order valence-corrected chi connectivity index (χ4v) is 13.3. The van der Waals surface area contributed by atoms with Gasteiger partial charge in [0.2, 0.25) is 14.7 Å². The molecular weight excluding hydrogens is 1200 g/mol.